The molecular weight excluding hydrogens is 272 g/mol. The molecule has 0 saturated heterocycles. The highest BCUT2D eigenvalue weighted by Gasteiger charge is 2.27. The van der Waals surface area contributed by atoms with Gasteiger partial charge >= 0.3 is 0 Å². The molecule has 3 rings (SSSR count). The van der Waals surface area contributed by atoms with Gasteiger partial charge in [0.1, 0.15) is 10.6 Å². The number of amides is 1. The highest BCUT2D eigenvalue weighted by Crippen LogP contribution is 2.34. The van der Waals surface area contributed by atoms with Gasteiger partial charge < -0.3 is 15.4 Å². The molecule has 2 heterocycles. The van der Waals surface area contributed by atoms with Crippen LogP contribution < -0.4 is 15.4 Å². The molecule has 1 amide bonds. The SMILES string of the molecule is COc1ccsc1C(=O)N1CCCc2c(N)cccc21. The maximum absolute atomic E-state index is 12.7. The molecule has 0 spiro atoms. The normalized spacial score (nSPS) is 13.9. The van der Waals surface area contributed by atoms with Gasteiger partial charge in [0.25, 0.3) is 5.91 Å². The second kappa shape index (κ2) is 5.17. The Balaban J connectivity index is 2.01. The molecule has 1 aromatic heterocycles. The van der Waals surface area contributed by atoms with E-state index in [1.54, 1.807) is 7.11 Å². The molecular formula is C15H16N2O2S. The maximum atomic E-state index is 12.7. The van der Waals surface area contributed by atoms with Crippen molar-refractivity contribution in [2.45, 2.75) is 12.8 Å². The van der Waals surface area contributed by atoms with Crippen molar-refractivity contribution in [2.24, 2.45) is 0 Å². The lowest BCUT2D eigenvalue weighted by atomic mass is 9.99. The zero-order valence-electron chi connectivity index (χ0n) is 11.3. The summed E-state index contributed by atoms with van der Waals surface area (Å²) in [7, 11) is 1.58. The molecule has 1 aromatic carbocycles. The number of carbonyl (C=O) groups excluding carboxylic acids is 1. The third kappa shape index (κ3) is 2.04. The quantitative estimate of drug-likeness (QED) is 0.864. The standard InChI is InChI=1S/C15H16N2O2S/c1-19-13-7-9-20-14(13)15(18)17-8-3-4-10-11(16)5-2-6-12(10)17/h2,5-7,9H,3-4,8,16H2,1H3. The average Bonchev–Trinajstić information content (AvgIpc) is 2.95. The van der Waals surface area contributed by atoms with Gasteiger partial charge in [-0.05, 0) is 42.0 Å². The smallest absolute Gasteiger partial charge is 0.272 e. The van der Waals surface area contributed by atoms with Gasteiger partial charge in [0.15, 0.2) is 0 Å². The number of carbonyl (C=O) groups is 1. The van der Waals surface area contributed by atoms with E-state index >= 15 is 0 Å². The summed E-state index contributed by atoms with van der Waals surface area (Å²) in [5.74, 6) is 0.624. The average molecular weight is 288 g/mol. The number of methoxy groups -OCH3 is 1. The molecule has 20 heavy (non-hydrogen) atoms. The van der Waals surface area contributed by atoms with Gasteiger partial charge in [-0.15, -0.1) is 11.3 Å². The van der Waals surface area contributed by atoms with Crippen molar-refractivity contribution >= 4 is 28.6 Å². The molecule has 0 unspecified atom stereocenters. The number of nitrogen functional groups attached to an aromatic ring is 1. The number of benzene rings is 1. The molecule has 4 nitrogen and oxygen atoms in total. The van der Waals surface area contributed by atoms with Crippen LogP contribution in [0.2, 0.25) is 0 Å². The predicted molar refractivity (Wildman–Crippen MR) is 81.7 cm³/mol. The number of anilines is 2. The van der Waals surface area contributed by atoms with Crippen molar-refractivity contribution in [1.29, 1.82) is 0 Å². The molecule has 104 valence electrons. The minimum absolute atomic E-state index is 0.0107. The fraction of sp³-hybridized carbons (Fsp3) is 0.267. The second-order valence-corrected chi connectivity index (χ2v) is 5.64. The molecule has 0 saturated carbocycles. The first-order chi connectivity index (χ1) is 9.72. The molecule has 1 aliphatic heterocycles. The van der Waals surface area contributed by atoms with Crippen molar-refractivity contribution in [3.8, 4) is 5.75 Å². The van der Waals surface area contributed by atoms with E-state index in [0.29, 0.717) is 10.6 Å². The van der Waals surface area contributed by atoms with Crippen molar-refractivity contribution < 1.29 is 9.53 Å². The van der Waals surface area contributed by atoms with Crippen LogP contribution in [0.15, 0.2) is 29.6 Å². The van der Waals surface area contributed by atoms with E-state index in [9.17, 15) is 4.79 Å². The Bertz CT molecular complexity index is 651. The Kier molecular flexibility index (Phi) is 3.36. The third-order valence-corrected chi connectivity index (χ3v) is 4.46. The van der Waals surface area contributed by atoms with Gasteiger partial charge in [-0.3, -0.25) is 4.79 Å². The second-order valence-electron chi connectivity index (χ2n) is 4.72. The summed E-state index contributed by atoms with van der Waals surface area (Å²) in [5.41, 5.74) is 8.78. The van der Waals surface area contributed by atoms with Crippen LogP contribution in [-0.4, -0.2) is 19.6 Å². The topological polar surface area (TPSA) is 55.6 Å². The predicted octanol–water partition coefficient (Wildman–Crippen LogP) is 2.93. The van der Waals surface area contributed by atoms with Gasteiger partial charge in [0, 0.05) is 17.9 Å². The van der Waals surface area contributed by atoms with Crippen molar-refractivity contribution in [2.75, 3.05) is 24.3 Å². The fourth-order valence-electron chi connectivity index (χ4n) is 2.60. The number of hydrogen-bond acceptors (Lipinski definition) is 4. The van der Waals surface area contributed by atoms with Gasteiger partial charge in [-0.25, -0.2) is 0 Å². The number of hydrogen-bond donors (Lipinski definition) is 1. The molecule has 0 atom stereocenters. The first-order valence-electron chi connectivity index (χ1n) is 6.53. The summed E-state index contributed by atoms with van der Waals surface area (Å²) in [6.07, 6.45) is 1.86. The minimum atomic E-state index is -0.0107. The largest absolute Gasteiger partial charge is 0.495 e. The highest BCUT2D eigenvalue weighted by atomic mass is 32.1. The van der Waals surface area contributed by atoms with Gasteiger partial charge in [-0.1, -0.05) is 6.07 Å². The Morgan fingerprint density at radius 2 is 2.25 bits per heavy atom. The zero-order chi connectivity index (χ0) is 14.1. The first-order valence-corrected chi connectivity index (χ1v) is 7.41. The van der Waals surface area contributed by atoms with E-state index < -0.39 is 0 Å². The van der Waals surface area contributed by atoms with Crippen LogP contribution in [0.5, 0.6) is 5.75 Å². The van der Waals surface area contributed by atoms with Crippen LogP contribution in [0.25, 0.3) is 0 Å². The summed E-state index contributed by atoms with van der Waals surface area (Å²) in [6, 6.07) is 7.56. The lowest BCUT2D eigenvalue weighted by Gasteiger charge is -2.30. The lowest BCUT2D eigenvalue weighted by molar-refractivity contribution is 0.0986. The number of nitrogens with zero attached hydrogens (tertiary/aromatic N) is 1. The fourth-order valence-corrected chi connectivity index (χ4v) is 3.41. The van der Waals surface area contributed by atoms with E-state index in [2.05, 4.69) is 0 Å². The highest BCUT2D eigenvalue weighted by molar-refractivity contribution is 7.12. The van der Waals surface area contributed by atoms with E-state index in [4.69, 9.17) is 10.5 Å². The van der Waals surface area contributed by atoms with Crippen molar-refractivity contribution in [3.63, 3.8) is 0 Å². The van der Waals surface area contributed by atoms with E-state index in [-0.39, 0.29) is 5.91 Å². The number of nitrogens with two attached hydrogens (primary N) is 1. The minimum Gasteiger partial charge on any atom is -0.495 e. The molecule has 2 aromatic rings. The van der Waals surface area contributed by atoms with Crippen molar-refractivity contribution in [3.05, 3.63) is 40.1 Å². The Morgan fingerprint density at radius 3 is 3.05 bits per heavy atom. The van der Waals surface area contributed by atoms with Crippen LogP contribution in [0.1, 0.15) is 21.7 Å². The molecule has 5 heteroatoms. The molecule has 1 aliphatic rings. The maximum Gasteiger partial charge on any atom is 0.272 e. The molecule has 0 aliphatic carbocycles. The van der Waals surface area contributed by atoms with Gasteiger partial charge in [0.2, 0.25) is 0 Å². The third-order valence-electron chi connectivity index (χ3n) is 3.58. The monoisotopic (exact) mass is 288 g/mol. The number of fused-ring (bicyclic) bond motifs is 1. The summed E-state index contributed by atoms with van der Waals surface area (Å²) in [6.45, 7) is 0.719. The van der Waals surface area contributed by atoms with E-state index in [0.717, 1.165) is 36.3 Å². The van der Waals surface area contributed by atoms with Gasteiger partial charge in [0.05, 0.1) is 7.11 Å². The van der Waals surface area contributed by atoms with Gasteiger partial charge in [-0.2, -0.15) is 0 Å². The zero-order valence-corrected chi connectivity index (χ0v) is 12.1. The Labute approximate surface area is 121 Å². The first kappa shape index (κ1) is 13.0. The molecule has 0 fully saturated rings. The van der Waals surface area contributed by atoms with Crippen LogP contribution in [-0.2, 0) is 6.42 Å². The molecule has 2 N–H and O–H groups in total. The number of thiophene rings is 1. The number of rotatable bonds is 2. The Hall–Kier alpha value is -2.01. The van der Waals surface area contributed by atoms with Crippen LogP contribution >= 0.6 is 11.3 Å². The van der Waals surface area contributed by atoms with E-state index in [1.807, 2.05) is 34.5 Å². The molecule has 0 radical (unpaired) electrons. The lowest BCUT2D eigenvalue weighted by Crippen LogP contribution is -2.35. The molecule has 0 bridgehead atoms. The van der Waals surface area contributed by atoms with Crippen LogP contribution in [0, 0.1) is 0 Å². The summed E-state index contributed by atoms with van der Waals surface area (Å²) >= 11 is 1.41. The van der Waals surface area contributed by atoms with Crippen LogP contribution in [0.3, 0.4) is 0 Å². The van der Waals surface area contributed by atoms with E-state index in [1.165, 1.54) is 11.3 Å². The summed E-state index contributed by atoms with van der Waals surface area (Å²) in [4.78, 5) is 15.2. The van der Waals surface area contributed by atoms with Crippen molar-refractivity contribution in [1.82, 2.24) is 0 Å². The Morgan fingerprint density at radius 1 is 1.40 bits per heavy atom. The number of ether oxygens (including phenoxy) is 1. The summed E-state index contributed by atoms with van der Waals surface area (Å²) < 4.78 is 5.25. The summed E-state index contributed by atoms with van der Waals surface area (Å²) in [5, 5.41) is 1.87. The van der Waals surface area contributed by atoms with Crippen LogP contribution in [0.4, 0.5) is 11.4 Å².